The van der Waals surface area contributed by atoms with Crippen molar-refractivity contribution in [1.29, 1.82) is 0 Å². The number of carbonyl (C=O) groups excluding carboxylic acids is 1. The minimum Gasteiger partial charge on any atom is -0.480 e. The highest BCUT2D eigenvalue weighted by Crippen LogP contribution is 2.02. The standard InChI is InChI=1S/C13H26N2O4/c1-4-6-8-11(12(16)17)15-13(18)14-10(7-5-2)9-19-3/h10-11H,4-9H2,1-3H3,(H,16,17)(H2,14,15,18)/t10?,11-/m0/s1. The number of carboxylic acids is 1. The van der Waals surface area contributed by atoms with E-state index in [9.17, 15) is 9.59 Å². The van der Waals surface area contributed by atoms with E-state index in [-0.39, 0.29) is 6.04 Å². The van der Waals surface area contributed by atoms with E-state index in [4.69, 9.17) is 9.84 Å². The van der Waals surface area contributed by atoms with Crippen molar-refractivity contribution in [2.45, 2.75) is 58.0 Å². The summed E-state index contributed by atoms with van der Waals surface area (Å²) in [4.78, 5) is 22.8. The number of unbranched alkanes of at least 4 members (excludes halogenated alkanes) is 1. The number of rotatable bonds is 10. The Morgan fingerprint density at radius 1 is 1.16 bits per heavy atom. The van der Waals surface area contributed by atoms with Crippen molar-refractivity contribution in [1.82, 2.24) is 10.6 Å². The molecular weight excluding hydrogens is 248 g/mol. The van der Waals surface area contributed by atoms with E-state index >= 15 is 0 Å². The second kappa shape index (κ2) is 10.6. The predicted octanol–water partition coefficient (Wildman–Crippen LogP) is 1.74. The summed E-state index contributed by atoms with van der Waals surface area (Å²) < 4.78 is 5.02. The number of ether oxygens (including phenoxy) is 1. The Morgan fingerprint density at radius 2 is 1.84 bits per heavy atom. The van der Waals surface area contributed by atoms with Gasteiger partial charge < -0.3 is 20.5 Å². The number of aliphatic carboxylic acids is 1. The first kappa shape index (κ1) is 17.7. The van der Waals surface area contributed by atoms with Crippen LogP contribution in [0.3, 0.4) is 0 Å². The van der Waals surface area contributed by atoms with Crippen LogP contribution in [0, 0.1) is 0 Å². The van der Waals surface area contributed by atoms with E-state index < -0.39 is 18.0 Å². The summed E-state index contributed by atoms with van der Waals surface area (Å²) in [5, 5.41) is 14.3. The first-order valence-electron chi connectivity index (χ1n) is 6.83. The van der Waals surface area contributed by atoms with Crippen LogP contribution in [0.5, 0.6) is 0 Å². The Labute approximate surface area is 114 Å². The van der Waals surface area contributed by atoms with Crippen molar-refractivity contribution in [3.8, 4) is 0 Å². The topological polar surface area (TPSA) is 87.7 Å². The summed E-state index contributed by atoms with van der Waals surface area (Å²) in [5.41, 5.74) is 0. The zero-order valence-corrected chi connectivity index (χ0v) is 12.1. The quantitative estimate of drug-likeness (QED) is 0.566. The second-order valence-corrected chi connectivity index (χ2v) is 4.59. The van der Waals surface area contributed by atoms with Crippen molar-refractivity contribution in [3.05, 3.63) is 0 Å². The molecule has 0 radical (unpaired) electrons. The van der Waals surface area contributed by atoms with Crippen molar-refractivity contribution < 1.29 is 19.4 Å². The van der Waals surface area contributed by atoms with Gasteiger partial charge in [-0.05, 0) is 12.8 Å². The van der Waals surface area contributed by atoms with Crippen LogP contribution in [0.25, 0.3) is 0 Å². The van der Waals surface area contributed by atoms with Crippen molar-refractivity contribution >= 4 is 12.0 Å². The molecule has 0 aliphatic heterocycles. The zero-order valence-electron chi connectivity index (χ0n) is 12.1. The van der Waals surface area contributed by atoms with Crippen LogP contribution >= 0.6 is 0 Å². The summed E-state index contributed by atoms with van der Waals surface area (Å²) in [6, 6.07) is -1.36. The molecule has 0 rings (SSSR count). The summed E-state index contributed by atoms with van der Waals surface area (Å²) >= 11 is 0. The van der Waals surface area contributed by atoms with Crippen LogP contribution in [0.2, 0.25) is 0 Å². The molecule has 0 spiro atoms. The molecule has 0 saturated heterocycles. The molecule has 2 amide bonds. The van der Waals surface area contributed by atoms with Gasteiger partial charge in [0.1, 0.15) is 6.04 Å². The molecule has 19 heavy (non-hydrogen) atoms. The fourth-order valence-corrected chi connectivity index (χ4v) is 1.80. The van der Waals surface area contributed by atoms with Crippen LogP contribution in [0.15, 0.2) is 0 Å². The number of carboxylic acid groups (broad SMARTS) is 1. The molecule has 2 atom stereocenters. The molecule has 3 N–H and O–H groups in total. The summed E-state index contributed by atoms with van der Waals surface area (Å²) in [7, 11) is 1.57. The van der Waals surface area contributed by atoms with E-state index in [0.29, 0.717) is 13.0 Å². The molecule has 0 aliphatic carbocycles. The molecule has 0 aromatic heterocycles. The lowest BCUT2D eigenvalue weighted by Crippen LogP contribution is -2.50. The van der Waals surface area contributed by atoms with Crippen LogP contribution < -0.4 is 10.6 Å². The predicted molar refractivity (Wildman–Crippen MR) is 73.2 cm³/mol. The molecule has 0 saturated carbocycles. The molecule has 6 nitrogen and oxygen atoms in total. The molecule has 6 heteroatoms. The van der Waals surface area contributed by atoms with E-state index in [1.54, 1.807) is 7.11 Å². The maximum Gasteiger partial charge on any atom is 0.326 e. The fraction of sp³-hybridized carbons (Fsp3) is 0.846. The van der Waals surface area contributed by atoms with Crippen molar-refractivity contribution in [2.75, 3.05) is 13.7 Å². The maximum atomic E-state index is 11.7. The van der Waals surface area contributed by atoms with Crippen molar-refractivity contribution in [3.63, 3.8) is 0 Å². The second-order valence-electron chi connectivity index (χ2n) is 4.59. The Bertz CT molecular complexity index is 265. The van der Waals surface area contributed by atoms with Gasteiger partial charge in [0.25, 0.3) is 0 Å². The number of hydrogen-bond acceptors (Lipinski definition) is 3. The Hall–Kier alpha value is -1.30. The number of nitrogens with one attached hydrogen (secondary N) is 2. The van der Waals surface area contributed by atoms with Gasteiger partial charge in [0.15, 0.2) is 0 Å². The van der Waals surface area contributed by atoms with Gasteiger partial charge in [-0.3, -0.25) is 0 Å². The monoisotopic (exact) mass is 274 g/mol. The van der Waals surface area contributed by atoms with Crippen LogP contribution in [-0.4, -0.2) is 42.9 Å². The largest absolute Gasteiger partial charge is 0.480 e. The van der Waals surface area contributed by atoms with Gasteiger partial charge in [-0.15, -0.1) is 0 Å². The minimum absolute atomic E-state index is 0.0874. The highest BCUT2D eigenvalue weighted by molar-refractivity contribution is 5.82. The van der Waals surface area contributed by atoms with Gasteiger partial charge in [0, 0.05) is 7.11 Å². The van der Waals surface area contributed by atoms with Crippen LogP contribution in [0.1, 0.15) is 46.0 Å². The zero-order chi connectivity index (χ0) is 14.7. The number of methoxy groups -OCH3 is 1. The molecule has 112 valence electrons. The van der Waals surface area contributed by atoms with Crippen LogP contribution in [0.4, 0.5) is 4.79 Å². The van der Waals surface area contributed by atoms with Crippen LogP contribution in [-0.2, 0) is 9.53 Å². The lowest BCUT2D eigenvalue weighted by Gasteiger charge is -2.20. The Kier molecular flexibility index (Phi) is 9.88. The van der Waals surface area contributed by atoms with Gasteiger partial charge in [0.05, 0.1) is 12.6 Å². The average Bonchev–Trinajstić information content (AvgIpc) is 2.34. The summed E-state index contributed by atoms with van der Waals surface area (Å²) in [6.45, 7) is 4.42. The number of urea groups is 1. The van der Waals surface area contributed by atoms with Gasteiger partial charge >= 0.3 is 12.0 Å². The third-order valence-corrected chi connectivity index (χ3v) is 2.79. The maximum absolute atomic E-state index is 11.7. The lowest BCUT2D eigenvalue weighted by molar-refractivity contribution is -0.139. The molecule has 0 aromatic carbocycles. The molecule has 0 fully saturated rings. The fourth-order valence-electron chi connectivity index (χ4n) is 1.80. The van der Waals surface area contributed by atoms with E-state index in [2.05, 4.69) is 10.6 Å². The van der Waals surface area contributed by atoms with Gasteiger partial charge in [-0.25, -0.2) is 9.59 Å². The third kappa shape index (κ3) is 8.42. The molecular formula is C13H26N2O4. The van der Waals surface area contributed by atoms with Gasteiger partial charge in [0.2, 0.25) is 0 Å². The Morgan fingerprint density at radius 3 is 2.32 bits per heavy atom. The summed E-state index contributed by atoms with van der Waals surface area (Å²) in [6.07, 6.45) is 3.84. The SMILES string of the molecule is CCCC[C@H](NC(=O)NC(CCC)COC)C(=O)O. The molecule has 0 aromatic rings. The average molecular weight is 274 g/mol. The first-order chi connectivity index (χ1) is 9.04. The number of hydrogen-bond donors (Lipinski definition) is 3. The smallest absolute Gasteiger partial charge is 0.326 e. The first-order valence-corrected chi connectivity index (χ1v) is 6.83. The molecule has 1 unspecified atom stereocenters. The normalized spacial score (nSPS) is 13.6. The summed E-state index contributed by atoms with van der Waals surface area (Å²) in [5.74, 6) is -0.998. The van der Waals surface area contributed by atoms with Gasteiger partial charge in [-0.1, -0.05) is 33.1 Å². The van der Waals surface area contributed by atoms with Gasteiger partial charge in [-0.2, -0.15) is 0 Å². The molecule has 0 bridgehead atoms. The van der Waals surface area contributed by atoms with Crippen molar-refractivity contribution in [2.24, 2.45) is 0 Å². The van der Waals surface area contributed by atoms with E-state index in [1.807, 2.05) is 13.8 Å². The highest BCUT2D eigenvalue weighted by Gasteiger charge is 2.20. The molecule has 0 heterocycles. The third-order valence-electron chi connectivity index (χ3n) is 2.79. The minimum atomic E-state index is -0.998. The highest BCUT2D eigenvalue weighted by atomic mass is 16.5. The lowest BCUT2D eigenvalue weighted by atomic mass is 10.1. The number of amides is 2. The van der Waals surface area contributed by atoms with E-state index in [0.717, 1.165) is 25.7 Å². The Balaban J connectivity index is 4.25. The van der Waals surface area contributed by atoms with E-state index in [1.165, 1.54) is 0 Å². The number of carbonyl (C=O) groups is 2. The molecule has 0 aliphatic rings.